The first kappa shape index (κ1) is 45.1. The highest BCUT2D eigenvalue weighted by Gasteiger charge is 2.18. The fraction of sp³-hybridized carbons (Fsp3) is 0.696. The van der Waals surface area contributed by atoms with Crippen LogP contribution in [0.25, 0.3) is 31.9 Å². The first-order valence-electron chi connectivity index (χ1n) is 21.9. The molecule has 0 aliphatic carbocycles. The van der Waals surface area contributed by atoms with Gasteiger partial charge in [0.2, 0.25) is 0 Å². The Morgan fingerprint density at radius 2 is 0.698 bits per heavy atom. The lowest BCUT2D eigenvalue weighted by molar-refractivity contribution is 0.535. The molecule has 7 heteroatoms. The summed E-state index contributed by atoms with van der Waals surface area (Å²) in [6.07, 6.45) is 41.6. The van der Waals surface area contributed by atoms with Gasteiger partial charge in [-0.25, -0.2) is 0 Å². The van der Waals surface area contributed by atoms with Crippen molar-refractivity contribution in [2.75, 3.05) is 0 Å². The molecule has 296 valence electrons. The van der Waals surface area contributed by atoms with Gasteiger partial charge in [0.1, 0.15) is 11.0 Å². The van der Waals surface area contributed by atoms with Crippen LogP contribution in [-0.4, -0.2) is 8.75 Å². The third-order valence-electron chi connectivity index (χ3n) is 11.1. The maximum Gasteiger partial charge on any atom is 0.114 e. The summed E-state index contributed by atoms with van der Waals surface area (Å²) in [5.41, 5.74) is 7.41. The van der Waals surface area contributed by atoms with Gasteiger partial charge in [-0.05, 0) is 80.8 Å². The van der Waals surface area contributed by atoms with Crippen LogP contribution in [0.15, 0.2) is 31.8 Å². The van der Waals surface area contributed by atoms with Crippen molar-refractivity contribution >= 4 is 77.3 Å². The first-order valence-corrected chi connectivity index (χ1v) is 25.9. The Morgan fingerprint density at radius 3 is 1.00 bits per heavy atom. The van der Waals surface area contributed by atoms with Gasteiger partial charge in [-0.3, -0.25) is 0 Å². The van der Waals surface area contributed by atoms with Gasteiger partial charge in [0.05, 0.1) is 19.3 Å². The molecule has 0 bridgehead atoms. The monoisotopic (exact) mass is 904 g/mol. The normalized spacial score (nSPS) is 11.8. The predicted octanol–water partition coefficient (Wildman–Crippen LogP) is 18.7. The van der Waals surface area contributed by atoms with Crippen LogP contribution < -0.4 is 0 Å². The van der Waals surface area contributed by atoms with Crippen molar-refractivity contribution in [2.45, 2.75) is 206 Å². The molecule has 0 unspecified atom stereocenters. The number of benzene rings is 1. The van der Waals surface area contributed by atoms with E-state index >= 15 is 0 Å². The Kier molecular flexibility index (Phi) is 23.8. The zero-order valence-electron chi connectivity index (χ0n) is 33.4. The van der Waals surface area contributed by atoms with Crippen molar-refractivity contribution in [3.63, 3.8) is 0 Å². The average molecular weight is 907 g/mol. The molecule has 0 fully saturated rings. The quantitative estimate of drug-likeness (QED) is 0.0456. The van der Waals surface area contributed by atoms with E-state index < -0.39 is 0 Å². The van der Waals surface area contributed by atoms with Crippen LogP contribution in [0.5, 0.6) is 0 Å². The van der Waals surface area contributed by atoms with Gasteiger partial charge in [-0.2, -0.15) is 8.75 Å². The fourth-order valence-electron chi connectivity index (χ4n) is 7.70. The lowest BCUT2D eigenvalue weighted by atomic mass is 10.0. The van der Waals surface area contributed by atoms with Crippen molar-refractivity contribution in [3.05, 3.63) is 43.0 Å². The second-order valence-electron chi connectivity index (χ2n) is 15.6. The third-order valence-corrected chi connectivity index (χ3v) is 15.6. The number of thiophene rings is 2. The standard InChI is InChI=1S/C46H70Br2N2S3/c1-3-5-7-9-11-13-15-17-19-21-23-25-27-29-31-37-35-41(51-45(37)47)39-33-34-40(44-43(39)49-53-50-44)42-36-38(46(48)52-42)32-30-28-26-24-22-20-18-16-14-12-10-8-6-4-2/h33-36H,3-32H2,1-2H3. The molecule has 0 aliphatic heterocycles. The molecular formula is C46H70Br2N2S3. The maximum absolute atomic E-state index is 4.83. The Morgan fingerprint density at radius 1 is 0.415 bits per heavy atom. The summed E-state index contributed by atoms with van der Waals surface area (Å²) in [4.78, 5) is 2.60. The Bertz CT molecular complexity index is 1410. The second kappa shape index (κ2) is 27.9. The molecule has 53 heavy (non-hydrogen) atoms. The van der Waals surface area contributed by atoms with Gasteiger partial charge in [0.25, 0.3) is 0 Å². The van der Waals surface area contributed by atoms with E-state index in [0.29, 0.717) is 0 Å². The summed E-state index contributed by atoms with van der Waals surface area (Å²) in [5, 5.41) is 0. The second-order valence-corrected chi connectivity index (χ2v) is 20.9. The molecule has 0 N–H and O–H groups in total. The summed E-state index contributed by atoms with van der Waals surface area (Å²) >= 11 is 12.9. The third kappa shape index (κ3) is 16.8. The Balaban J connectivity index is 1.14. The molecule has 2 nitrogen and oxygen atoms in total. The van der Waals surface area contributed by atoms with E-state index in [9.17, 15) is 0 Å². The van der Waals surface area contributed by atoms with Crippen LogP contribution in [0.3, 0.4) is 0 Å². The first-order chi connectivity index (χ1) is 26.1. The number of unbranched alkanes of at least 4 members (excludes halogenated alkanes) is 26. The number of fused-ring (bicyclic) bond motifs is 1. The van der Waals surface area contributed by atoms with Gasteiger partial charge < -0.3 is 0 Å². The number of aromatic nitrogens is 2. The molecule has 0 atom stereocenters. The molecule has 4 rings (SSSR count). The van der Waals surface area contributed by atoms with Crippen LogP contribution in [0.1, 0.15) is 205 Å². The highest BCUT2D eigenvalue weighted by molar-refractivity contribution is 9.11. The van der Waals surface area contributed by atoms with E-state index in [1.165, 1.54) is 231 Å². The number of halogens is 2. The van der Waals surface area contributed by atoms with Gasteiger partial charge in [-0.15, -0.1) is 22.7 Å². The molecular weight excluding hydrogens is 837 g/mol. The van der Waals surface area contributed by atoms with Crippen LogP contribution in [0.2, 0.25) is 0 Å². The van der Waals surface area contributed by atoms with E-state index in [1.807, 2.05) is 22.7 Å². The lowest BCUT2D eigenvalue weighted by Crippen LogP contribution is -1.86. The van der Waals surface area contributed by atoms with Crippen molar-refractivity contribution in [1.82, 2.24) is 8.75 Å². The summed E-state index contributed by atoms with van der Waals surface area (Å²) in [7, 11) is 0. The Hall–Kier alpha value is -0.600. The number of rotatable bonds is 32. The zero-order valence-corrected chi connectivity index (χ0v) is 39.0. The fourth-order valence-corrected chi connectivity index (χ4v) is 11.9. The van der Waals surface area contributed by atoms with E-state index in [0.717, 1.165) is 23.9 Å². The molecule has 4 aromatic rings. The molecule has 3 aromatic heterocycles. The number of hydrogen-bond acceptors (Lipinski definition) is 5. The summed E-state index contributed by atoms with van der Waals surface area (Å²) in [5.74, 6) is 0. The maximum atomic E-state index is 4.83. The van der Waals surface area contributed by atoms with E-state index in [4.69, 9.17) is 8.75 Å². The molecule has 0 aliphatic rings. The van der Waals surface area contributed by atoms with Crippen LogP contribution in [-0.2, 0) is 12.8 Å². The molecule has 0 radical (unpaired) electrons. The molecule has 0 amide bonds. The van der Waals surface area contributed by atoms with E-state index in [2.05, 4.69) is 70.0 Å². The van der Waals surface area contributed by atoms with Gasteiger partial charge >= 0.3 is 0 Å². The number of nitrogens with zero attached hydrogens (tertiary/aromatic N) is 2. The topological polar surface area (TPSA) is 25.8 Å². The lowest BCUT2D eigenvalue weighted by Gasteiger charge is -2.04. The minimum absolute atomic E-state index is 1.04. The highest BCUT2D eigenvalue weighted by Crippen LogP contribution is 2.43. The molecule has 0 saturated heterocycles. The predicted molar refractivity (Wildman–Crippen MR) is 247 cm³/mol. The minimum atomic E-state index is 1.04. The molecule has 0 spiro atoms. The largest absolute Gasteiger partial charge is 0.172 e. The molecule has 1 aromatic carbocycles. The summed E-state index contributed by atoms with van der Waals surface area (Å²) in [6, 6.07) is 9.38. The number of hydrogen-bond donors (Lipinski definition) is 0. The Labute approximate surface area is 353 Å². The average Bonchev–Trinajstić information content (AvgIpc) is 3.90. The molecule has 0 saturated carbocycles. The van der Waals surface area contributed by atoms with Crippen LogP contribution in [0.4, 0.5) is 0 Å². The number of aryl methyl sites for hydroxylation is 2. The zero-order chi connectivity index (χ0) is 37.4. The van der Waals surface area contributed by atoms with E-state index in [1.54, 1.807) is 0 Å². The minimum Gasteiger partial charge on any atom is -0.172 e. The summed E-state index contributed by atoms with van der Waals surface area (Å²) < 4.78 is 12.2. The SMILES string of the molecule is CCCCCCCCCCCCCCCCc1cc(-c2ccc(-c3cc(CCCCCCCCCCCCCCCC)c(Br)s3)c3nsnc23)sc1Br. The van der Waals surface area contributed by atoms with Crippen molar-refractivity contribution in [3.8, 4) is 20.9 Å². The highest BCUT2D eigenvalue weighted by atomic mass is 79.9. The summed E-state index contributed by atoms with van der Waals surface area (Å²) in [6.45, 7) is 4.60. The van der Waals surface area contributed by atoms with Gasteiger partial charge in [-0.1, -0.05) is 193 Å². The van der Waals surface area contributed by atoms with Crippen molar-refractivity contribution in [1.29, 1.82) is 0 Å². The van der Waals surface area contributed by atoms with Crippen molar-refractivity contribution in [2.24, 2.45) is 0 Å². The van der Waals surface area contributed by atoms with Gasteiger partial charge in [0.15, 0.2) is 0 Å². The van der Waals surface area contributed by atoms with Crippen LogP contribution >= 0.6 is 66.3 Å². The van der Waals surface area contributed by atoms with Crippen LogP contribution in [0, 0.1) is 0 Å². The molecule has 3 heterocycles. The smallest absolute Gasteiger partial charge is 0.114 e. The van der Waals surface area contributed by atoms with E-state index in [-0.39, 0.29) is 0 Å². The van der Waals surface area contributed by atoms with Gasteiger partial charge in [0, 0.05) is 20.9 Å². The van der Waals surface area contributed by atoms with Crippen molar-refractivity contribution < 1.29 is 0 Å².